The first-order valence-corrected chi connectivity index (χ1v) is 9.02. The number of carbonyl (C=O) groups is 3. The van der Waals surface area contributed by atoms with Crippen molar-refractivity contribution in [3.05, 3.63) is 63.6 Å². The van der Waals surface area contributed by atoms with Crippen molar-refractivity contribution in [1.29, 1.82) is 0 Å². The summed E-state index contributed by atoms with van der Waals surface area (Å²) in [4.78, 5) is 40.3. The number of aryl methyl sites for hydroxylation is 1. The molecule has 0 spiro atoms. The molecule has 1 saturated heterocycles. The molecule has 2 aromatic carbocycles. The van der Waals surface area contributed by atoms with Crippen LogP contribution in [0.4, 0.5) is 16.2 Å². The van der Waals surface area contributed by atoms with E-state index in [0.29, 0.717) is 11.3 Å². The maximum atomic E-state index is 12.9. The van der Waals surface area contributed by atoms with Crippen molar-refractivity contribution in [2.75, 3.05) is 23.9 Å². The number of carbonyl (C=O) groups excluding carboxylic acids is 3. The first kappa shape index (κ1) is 18.8. The molecule has 1 heterocycles. The SMILES string of the molecule is Cc1cc(N2C(=O)NC(=O)/C(=C\c3ccc(N(C)C)cc3)C2=O)ccc1Br. The highest BCUT2D eigenvalue weighted by Gasteiger charge is 2.36. The van der Waals surface area contributed by atoms with Crippen LogP contribution in [-0.2, 0) is 9.59 Å². The molecule has 0 unspecified atom stereocenters. The zero-order valence-corrected chi connectivity index (χ0v) is 16.7. The Balaban J connectivity index is 1.97. The highest BCUT2D eigenvalue weighted by atomic mass is 79.9. The number of nitrogens with zero attached hydrogens (tertiary/aromatic N) is 2. The van der Waals surface area contributed by atoms with Gasteiger partial charge in [-0.15, -0.1) is 0 Å². The molecule has 27 heavy (non-hydrogen) atoms. The summed E-state index contributed by atoms with van der Waals surface area (Å²) in [6.45, 7) is 1.86. The van der Waals surface area contributed by atoms with Gasteiger partial charge in [-0.3, -0.25) is 14.9 Å². The van der Waals surface area contributed by atoms with Crippen LogP contribution in [0, 0.1) is 6.92 Å². The third-order valence-electron chi connectivity index (χ3n) is 4.22. The summed E-state index contributed by atoms with van der Waals surface area (Å²) in [5.74, 6) is -1.35. The van der Waals surface area contributed by atoms with E-state index in [-0.39, 0.29) is 5.57 Å². The van der Waals surface area contributed by atoms with Crippen molar-refractivity contribution in [1.82, 2.24) is 5.32 Å². The first-order chi connectivity index (χ1) is 12.8. The van der Waals surface area contributed by atoms with E-state index in [1.807, 2.05) is 50.2 Å². The molecular weight excluding hydrogens is 410 g/mol. The van der Waals surface area contributed by atoms with Gasteiger partial charge in [-0.05, 0) is 54.5 Å². The van der Waals surface area contributed by atoms with Gasteiger partial charge < -0.3 is 4.90 Å². The van der Waals surface area contributed by atoms with Gasteiger partial charge in [-0.25, -0.2) is 9.69 Å². The van der Waals surface area contributed by atoms with Gasteiger partial charge in [0.25, 0.3) is 11.8 Å². The molecule has 1 aliphatic heterocycles. The average Bonchev–Trinajstić information content (AvgIpc) is 2.62. The molecule has 1 N–H and O–H groups in total. The van der Waals surface area contributed by atoms with Crippen molar-refractivity contribution < 1.29 is 14.4 Å². The largest absolute Gasteiger partial charge is 0.378 e. The van der Waals surface area contributed by atoms with Crippen molar-refractivity contribution in [2.24, 2.45) is 0 Å². The van der Waals surface area contributed by atoms with Crippen LogP contribution in [0.25, 0.3) is 6.08 Å². The summed E-state index contributed by atoms with van der Waals surface area (Å²) in [6, 6.07) is 11.8. The Morgan fingerprint density at radius 3 is 2.30 bits per heavy atom. The number of benzene rings is 2. The second-order valence-electron chi connectivity index (χ2n) is 6.38. The van der Waals surface area contributed by atoms with Gasteiger partial charge >= 0.3 is 6.03 Å². The first-order valence-electron chi connectivity index (χ1n) is 8.23. The van der Waals surface area contributed by atoms with E-state index < -0.39 is 17.8 Å². The molecule has 0 saturated carbocycles. The van der Waals surface area contributed by atoms with E-state index in [2.05, 4.69) is 21.2 Å². The topological polar surface area (TPSA) is 69.7 Å². The van der Waals surface area contributed by atoms with Gasteiger partial charge in [-0.2, -0.15) is 0 Å². The molecule has 0 aromatic heterocycles. The number of urea groups is 1. The Hall–Kier alpha value is -2.93. The normalized spacial score (nSPS) is 15.9. The third kappa shape index (κ3) is 3.78. The lowest BCUT2D eigenvalue weighted by Gasteiger charge is -2.26. The number of barbiturate groups is 1. The number of imide groups is 2. The van der Waals surface area contributed by atoms with E-state index in [1.165, 1.54) is 6.08 Å². The van der Waals surface area contributed by atoms with Crippen molar-refractivity contribution in [2.45, 2.75) is 6.92 Å². The van der Waals surface area contributed by atoms with Crippen LogP contribution in [0.2, 0.25) is 0 Å². The molecule has 1 fully saturated rings. The van der Waals surface area contributed by atoms with Gasteiger partial charge in [0.1, 0.15) is 5.57 Å². The number of anilines is 2. The number of hydrogen-bond acceptors (Lipinski definition) is 4. The number of halogens is 1. The van der Waals surface area contributed by atoms with Crippen LogP contribution in [0.15, 0.2) is 52.5 Å². The number of rotatable bonds is 3. The number of nitrogens with one attached hydrogen (secondary N) is 1. The highest BCUT2D eigenvalue weighted by Crippen LogP contribution is 2.26. The number of amides is 4. The van der Waals surface area contributed by atoms with Crippen LogP contribution in [0.3, 0.4) is 0 Å². The van der Waals surface area contributed by atoms with Crippen molar-refractivity contribution >= 4 is 51.2 Å². The lowest BCUT2D eigenvalue weighted by atomic mass is 10.1. The second-order valence-corrected chi connectivity index (χ2v) is 7.23. The van der Waals surface area contributed by atoms with Crippen LogP contribution in [0.5, 0.6) is 0 Å². The Bertz CT molecular complexity index is 965. The molecule has 2 aromatic rings. The minimum absolute atomic E-state index is 0.0900. The molecule has 0 aliphatic carbocycles. The van der Waals surface area contributed by atoms with Gasteiger partial charge in [0.15, 0.2) is 0 Å². The highest BCUT2D eigenvalue weighted by molar-refractivity contribution is 9.10. The second kappa shape index (κ2) is 7.36. The van der Waals surface area contributed by atoms with E-state index in [4.69, 9.17) is 0 Å². The monoisotopic (exact) mass is 427 g/mol. The van der Waals surface area contributed by atoms with Crippen LogP contribution in [0.1, 0.15) is 11.1 Å². The molecule has 138 valence electrons. The quantitative estimate of drug-likeness (QED) is 0.601. The Morgan fingerprint density at radius 1 is 1.04 bits per heavy atom. The zero-order chi connectivity index (χ0) is 19.7. The summed E-state index contributed by atoms with van der Waals surface area (Å²) in [5.41, 5.74) is 2.88. The predicted molar refractivity (Wildman–Crippen MR) is 109 cm³/mol. The molecule has 4 amide bonds. The fraction of sp³-hybridized carbons (Fsp3) is 0.150. The van der Waals surface area contributed by atoms with Crippen LogP contribution in [-0.4, -0.2) is 31.9 Å². The lowest BCUT2D eigenvalue weighted by Crippen LogP contribution is -2.54. The van der Waals surface area contributed by atoms with Gasteiger partial charge in [0.05, 0.1) is 5.69 Å². The third-order valence-corrected chi connectivity index (χ3v) is 5.11. The maximum absolute atomic E-state index is 12.9. The van der Waals surface area contributed by atoms with E-state index in [0.717, 1.165) is 20.6 Å². The van der Waals surface area contributed by atoms with Gasteiger partial charge in [0, 0.05) is 24.3 Å². The average molecular weight is 428 g/mol. The minimum atomic E-state index is -0.758. The molecule has 6 nitrogen and oxygen atoms in total. The minimum Gasteiger partial charge on any atom is -0.378 e. The summed E-state index contributed by atoms with van der Waals surface area (Å²) < 4.78 is 0.865. The van der Waals surface area contributed by atoms with Gasteiger partial charge in [0.2, 0.25) is 0 Å². The Labute approximate surface area is 165 Å². The number of hydrogen-bond donors (Lipinski definition) is 1. The Kier molecular flexibility index (Phi) is 5.14. The molecular formula is C20H18BrN3O3. The van der Waals surface area contributed by atoms with Crippen molar-refractivity contribution in [3.8, 4) is 0 Å². The van der Waals surface area contributed by atoms with Crippen LogP contribution >= 0.6 is 15.9 Å². The molecule has 0 radical (unpaired) electrons. The fourth-order valence-electron chi connectivity index (χ4n) is 2.70. The summed E-state index contributed by atoms with van der Waals surface area (Å²) in [7, 11) is 3.85. The zero-order valence-electron chi connectivity index (χ0n) is 15.1. The standard InChI is InChI=1S/C20H18BrN3O3/c1-12-10-15(8-9-17(12)21)24-19(26)16(18(25)22-20(24)27)11-13-4-6-14(7-5-13)23(2)3/h4-11H,1-3H3,(H,22,25,27)/b16-11+. The fourth-order valence-corrected chi connectivity index (χ4v) is 2.94. The summed E-state index contributed by atoms with van der Waals surface area (Å²) >= 11 is 3.39. The molecule has 3 rings (SSSR count). The molecule has 7 heteroatoms. The molecule has 0 atom stereocenters. The molecule has 0 bridgehead atoms. The predicted octanol–water partition coefficient (Wildman–Crippen LogP) is 3.49. The summed E-state index contributed by atoms with van der Waals surface area (Å²) in [5, 5.41) is 2.23. The Morgan fingerprint density at radius 2 is 1.70 bits per heavy atom. The van der Waals surface area contributed by atoms with Crippen molar-refractivity contribution in [3.63, 3.8) is 0 Å². The lowest BCUT2D eigenvalue weighted by molar-refractivity contribution is -0.122. The van der Waals surface area contributed by atoms with Gasteiger partial charge in [-0.1, -0.05) is 28.1 Å². The maximum Gasteiger partial charge on any atom is 0.335 e. The summed E-state index contributed by atoms with van der Waals surface area (Å²) in [6.07, 6.45) is 1.49. The van der Waals surface area contributed by atoms with E-state index >= 15 is 0 Å². The molecule has 1 aliphatic rings. The van der Waals surface area contributed by atoms with E-state index in [1.54, 1.807) is 18.2 Å². The van der Waals surface area contributed by atoms with E-state index in [9.17, 15) is 14.4 Å². The van der Waals surface area contributed by atoms with Crippen LogP contribution < -0.4 is 15.1 Å². The smallest absolute Gasteiger partial charge is 0.335 e.